The predicted molar refractivity (Wildman–Crippen MR) is 68.3 cm³/mol. The molecule has 0 saturated carbocycles. The lowest BCUT2D eigenvalue weighted by molar-refractivity contribution is -0.103. The largest absolute Gasteiger partial charge is 0.374 e. The molecule has 0 heterocycles. The van der Waals surface area contributed by atoms with E-state index in [9.17, 15) is 4.57 Å². The lowest BCUT2D eigenvalue weighted by atomic mass is 10.2. The number of hydrogen-bond acceptors (Lipinski definition) is 6. The van der Waals surface area contributed by atoms with Crippen LogP contribution < -0.4 is 5.90 Å². The minimum atomic E-state index is -3.00. The first kappa shape index (κ1) is 16.3. The van der Waals surface area contributed by atoms with Crippen molar-refractivity contribution in [1.82, 2.24) is 0 Å². The second-order valence-electron chi connectivity index (χ2n) is 3.65. The highest BCUT2D eigenvalue weighted by Gasteiger charge is 2.10. The Morgan fingerprint density at radius 1 is 1.26 bits per heavy atom. The quantitative estimate of drug-likeness (QED) is 0.374. The van der Waals surface area contributed by atoms with Crippen molar-refractivity contribution in [3.05, 3.63) is 35.9 Å². The van der Waals surface area contributed by atoms with E-state index >= 15 is 0 Å². The molecule has 0 fully saturated rings. The number of hydrogen-bond donors (Lipinski definition) is 2. The number of benzene rings is 1. The van der Waals surface area contributed by atoms with E-state index in [4.69, 9.17) is 20.3 Å². The summed E-state index contributed by atoms with van der Waals surface area (Å²) in [6.07, 6.45) is -0.463. The van der Waals surface area contributed by atoms with Crippen LogP contribution in [0.15, 0.2) is 30.3 Å². The van der Waals surface area contributed by atoms with Crippen molar-refractivity contribution >= 4 is 8.25 Å². The second kappa shape index (κ2) is 10.1. The normalized spacial score (nSPS) is 14.2. The Morgan fingerprint density at radius 3 is 2.63 bits per heavy atom. The third kappa shape index (κ3) is 8.07. The average Bonchev–Trinajstić information content (AvgIpc) is 2.39. The monoisotopic (exact) mass is 291 g/mol. The lowest BCUT2D eigenvalue weighted by Gasteiger charge is -2.16. The molecule has 2 atom stereocenters. The summed E-state index contributed by atoms with van der Waals surface area (Å²) in [6, 6.07) is 9.64. The third-order valence-corrected chi connectivity index (χ3v) is 2.55. The Morgan fingerprint density at radius 2 is 2.00 bits per heavy atom. The van der Waals surface area contributed by atoms with Crippen LogP contribution in [0.2, 0.25) is 0 Å². The molecule has 1 rings (SSSR count). The zero-order valence-corrected chi connectivity index (χ0v) is 11.4. The van der Waals surface area contributed by atoms with Crippen molar-refractivity contribution in [3.8, 4) is 0 Å². The Bertz CT molecular complexity index is 363. The molecule has 0 bridgehead atoms. The number of nitrogens with two attached hydrogens (primary N) is 1. The summed E-state index contributed by atoms with van der Waals surface area (Å²) < 4.78 is 25.3. The van der Waals surface area contributed by atoms with Gasteiger partial charge in [-0.05, 0) is 5.56 Å². The van der Waals surface area contributed by atoms with E-state index in [2.05, 4.69) is 9.36 Å². The van der Waals surface area contributed by atoms with Gasteiger partial charge in [0.1, 0.15) is 6.10 Å². The van der Waals surface area contributed by atoms with Gasteiger partial charge in [-0.25, -0.2) is 5.90 Å². The molecule has 19 heavy (non-hydrogen) atoms. The molecule has 0 aliphatic rings. The first-order valence-corrected chi connectivity index (χ1v) is 6.89. The molecule has 0 amide bonds. The average molecular weight is 291 g/mol. The van der Waals surface area contributed by atoms with Gasteiger partial charge in [0.2, 0.25) is 0 Å². The molecule has 1 aromatic carbocycles. The van der Waals surface area contributed by atoms with Crippen LogP contribution in [-0.2, 0) is 30.0 Å². The predicted octanol–water partition coefficient (Wildman–Crippen LogP) is 0.835. The summed E-state index contributed by atoms with van der Waals surface area (Å²) in [5, 5.41) is 0. The van der Waals surface area contributed by atoms with Crippen molar-refractivity contribution < 1.29 is 28.3 Å². The summed E-state index contributed by atoms with van der Waals surface area (Å²) in [4.78, 5) is 12.9. The van der Waals surface area contributed by atoms with E-state index in [0.29, 0.717) is 6.61 Å². The highest BCUT2D eigenvalue weighted by molar-refractivity contribution is 7.32. The van der Waals surface area contributed by atoms with Crippen LogP contribution >= 0.6 is 8.25 Å². The van der Waals surface area contributed by atoms with Crippen LogP contribution in [0.1, 0.15) is 5.56 Å². The molecule has 1 aromatic rings. The minimum absolute atomic E-state index is 0.102. The summed E-state index contributed by atoms with van der Waals surface area (Å²) in [7, 11) is -3.00. The van der Waals surface area contributed by atoms with Crippen molar-refractivity contribution in [2.75, 3.05) is 20.0 Å². The first-order valence-electron chi connectivity index (χ1n) is 5.63. The van der Waals surface area contributed by atoms with E-state index in [1.165, 1.54) is 0 Å². The van der Waals surface area contributed by atoms with Crippen LogP contribution in [0.25, 0.3) is 0 Å². The van der Waals surface area contributed by atoms with Gasteiger partial charge in [-0.2, -0.15) is 0 Å². The van der Waals surface area contributed by atoms with Crippen LogP contribution in [0, 0.1) is 0 Å². The van der Waals surface area contributed by atoms with E-state index < -0.39 is 14.4 Å². The van der Waals surface area contributed by atoms with E-state index in [1.807, 2.05) is 30.3 Å². The Labute approximate surface area is 112 Å². The van der Waals surface area contributed by atoms with Gasteiger partial charge in [0, 0.05) is 0 Å². The second-order valence-corrected chi connectivity index (χ2v) is 4.47. The summed E-state index contributed by atoms with van der Waals surface area (Å²) in [5.41, 5.74) is 1.03. The molecule has 8 heteroatoms. The smallest absolute Gasteiger partial charge is 0.318 e. The zero-order chi connectivity index (χ0) is 13.9. The fourth-order valence-electron chi connectivity index (χ4n) is 1.31. The van der Waals surface area contributed by atoms with Crippen molar-refractivity contribution in [2.24, 2.45) is 5.90 Å². The molecule has 0 spiro atoms. The number of rotatable bonds is 10. The van der Waals surface area contributed by atoms with Crippen molar-refractivity contribution in [2.45, 2.75) is 12.7 Å². The molecule has 0 aliphatic carbocycles. The summed E-state index contributed by atoms with van der Waals surface area (Å²) in [5.74, 6) is 4.96. The van der Waals surface area contributed by atoms with E-state index in [-0.39, 0.29) is 20.0 Å². The maximum Gasteiger partial charge on any atom is 0.318 e. The van der Waals surface area contributed by atoms with Gasteiger partial charge in [-0.15, -0.1) is 0 Å². The summed E-state index contributed by atoms with van der Waals surface area (Å²) in [6.45, 7) is 0.464. The van der Waals surface area contributed by atoms with E-state index in [0.717, 1.165) is 5.56 Å². The van der Waals surface area contributed by atoms with Gasteiger partial charge >= 0.3 is 8.25 Å². The molecule has 108 valence electrons. The van der Waals surface area contributed by atoms with Crippen LogP contribution in [0.3, 0.4) is 0 Å². The maximum absolute atomic E-state index is 10.3. The molecule has 0 saturated heterocycles. The van der Waals surface area contributed by atoms with Crippen LogP contribution in [-0.4, -0.2) is 31.0 Å². The molecular weight excluding hydrogens is 273 g/mol. The van der Waals surface area contributed by atoms with Crippen molar-refractivity contribution in [3.63, 3.8) is 0 Å². The standard InChI is InChI=1S/C11H18NO6P/c12-17-8-11(16-9-18-19(13)14)7-15-6-10-4-2-1-3-5-10/h1-5,11,19H,6-9,12H2,(H,13,14). The van der Waals surface area contributed by atoms with Gasteiger partial charge in [-0.1, -0.05) is 30.3 Å². The molecule has 0 aliphatic heterocycles. The lowest BCUT2D eigenvalue weighted by Crippen LogP contribution is -2.27. The van der Waals surface area contributed by atoms with Crippen LogP contribution in [0.5, 0.6) is 0 Å². The Balaban J connectivity index is 2.23. The molecule has 3 N–H and O–H groups in total. The topological polar surface area (TPSA) is 100 Å². The van der Waals surface area contributed by atoms with E-state index in [1.54, 1.807) is 0 Å². The SMILES string of the molecule is NOCC(COCc1ccccc1)OCO[PH](=O)O. The highest BCUT2D eigenvalue weighted by atomic mass is 31.1. The maximum atomic E-state index is 10.3. The number of ether oxygens (including phenoxy) is 2. The van der Waals surface area contributed by atoms with Gasteiger partial charge < -0.3 is 19.2 Å². The molecule has 2 unspecified atom stereocenters. The van der Waals surface area contributed by atoms with Crippen LogP contribution in [0.4, 0.5) is 0 Å². The van der Waals surface area contributed by atoms with Crippen molar-refractivity contribution in [1.29, 1.82) is 0 Å². The molecule has 7 nitrogen and oxygen atoms in total. The first-order chi connectivity index (χ1) is 9.22. The van der Waals surface area contributed by atoms with Gasteiger partial charge in [0.15, 0.2) is 6.79 Å². The zero-order valence-electron chi connectivity index (χ0n) is 10.4. The molecule has 0 aromatic heterocycles. The fourth-order valence-corrected chi connectivity index (χ4v) is 1.48. The molecule has 0 radical (unpaired) electrons. The minimum Gasteiger partial charge on any atom is -0.374 e. The Kier molecular flexibility index (Phi) is 8.61. The Hall–Kier alpha value is -0.790. The third-order valence-electron chi connectivity index (χ3n) is 2.18. The van der Waals surface area contributed by atoms with Gasteiger partial charge in [0.05, 0.1) is 19.8 Å². The highest BCUT2D eigenvalue weighted by Crippen LogP contribution is 2.14. The molecular formula is C11H18NO6P. The fraction of sp³-hybridized carbons (Fsp3) is 0.455. The van der Waals surface area contributed by atoms with Gasteiger partial charge in [0.25, 0.3) is 0 Å². The summed E-state index contributed by atoms with van der Waals surface area (Å²) >= 11 is 0. The van der Waals surface area contributed by atoms with Gasteiger partial charge in [-0.3, -0.25) is 9.09 Å².